The lowest BCUT2D eigenvalue weighted by Crippen LogP contribution is -2.07. The number of nitrogens with one attached hydrogen (secondary N) is 1. The first-order valence-electron chi connectivity index (χ1n) is 6.81. The van der Waals surface area contributed by atoms with Gasteiger partial charge in [-0.2, -0.15) is 0 Å². The molecule has 1 N–H and O–H groups in total. The Morgan fingerprint density at radius 1 is 1.06 bits per heavy atom. The van der Waals surface area contributed by atoms with Crippen LogP contribution in [0.4, 0.5) is 0 Å². The lowest BCUT2D eigenvalue weighted by Gasteiger charge is -2.10. The van der Waals surface area contributed by atoms with Crippen molar-refractivity contribution in [1.82, 2.24) is 4.98 Å². The summed E-state index contributed by atoms with van der Waals surface area (Å²) in [6.07, 6.45) is 1.89. The molecule has 0 aliphatic rings. The molecule has 0 amide bonds. The van der Waals surface area contributed by atoms with Gasteiger partial charge in [-0.25, -0.2) is 0 Å². The standard InChI is InChI=1S/C14H17NO.C2H6/c1-4-10-6-7-12-11(5-2)8-13(16)15-14(12)9(10)3;1-2/h6-8H,4-5H2,1-3H3,(H,15,16);1-2H3. The van der Waals surface area contributed by atoms with Gasteiger partial charge in [-0.05, 0) is 36.5 Å². The van der Waals surface area contributed by atoms with E-state index in [1.807, 2.05) is 13.8 Å². The van der Waals surface area contributed by atoms with Crippen LogP contribution < -0.4 is 5.56 Å². The van der Waals surface area contributed by atoms with Crippen LogP contribution in [0, 0.1) is 6.92 Å². The first kappa shape index (κ1) is 14.5. The van der Waals surface area contributed by atoms with Crippen LogP contribution in [0.15, 0.2) is 23.0 Å². The first-order valence-corrected chi connectivity index (χ1v) is 6.81. The van der Waals surface area contributed by atoms with Gasteiger partial charge in [0.1, 0.15) is 0 Å². The SMILES string of the molecule is CC.CCc1ccc2c(CC)cc(=O)[nH]c2c1C. The summed E-state index contributed by atoms with van der Waals surface area (Å²) in [7, 11) is 0. The molecular weight excluding hydrogens is 222 g/mol. The van der Waals surface area contributed by atoms with E-state index in [1.165, 1.54) is 16.5 Å². The number of H-pyrrole nitrogens is 1. The molecule has 1 heterocycles. The summed E-state index contributed by atoms with van der Waals surface area (Å²) in [6.45, 7) is 10.3. The number of rotatable bonds is 2. The predicted octanol–water partition coefficient (Wildman–Crippen LogP) is 3.99. The molecule has 0 aliphatic heterocycles. The largest absolute Gasteiger partial charge is 0.322 e. The molecule has 1 aromatic carbocycles. The molecule has 0 aliphatic carbocycles. The normalized spacial score (nSPS) is 10.1. The summed E-state index contributed by atoms with van der Waals surface area (Å²) in [5.41, 5.74) is 4.64. The number of benzene rings is 1. The van der Waals surface area contributed by atoms with Crippen molar-refractivity contribution in [1.29, 1.82) is 0 Å². The molecule has 98 valence electrons. The zero-order valence-corrected chi connectivity index (χ0v) is 12.1. The Morgan fingerprint density at radius 3 is 2.22 bits per heavy atom. The number of hydrogen-bond acceptors (Lipinski definition) is 1. The number of aryl methyl sites for hydroxylation is 3. The summed E-state index contributed by atoms with van der Waals surface area (Å²) in [6, 6.07) is 5.98. The van der Waals surface area contributed by atoms with E-state index in [0.29, 0.717) is 0 Å². The molecule has 0 atom stereocenters. The monoisotopic (exact) mass is 245 g/mol. The molecule has 0 saturated carbocycles. The quantitative estimate of drug-likeness (QED) is 0.852. The lowest BCUT2D eigenvalue weighted by molar-refractivity contribution is 1.09. The molecule has 2 nitrogen and oxygen atoms in total. The molecule has 0 spiro atoms. The number of aromatic amines is 1. The minimum atomic E-state index is 0.000651. The van der Waals surface area contributed by atoms with E-state index in [1.54, 1.807) is 6.07 Å². The van der Waals surface area contributed by atoms with Crippen molar-refractivity contribution in [2.24, 2.45) is 0 Å². The van der Waals surface area contributed by atoms with Gasteiger partial charge in [0.15, 0.2) is 0 Å². The highest BCUT2D eigenvalue weighted by atomic mass is 16.1. The molecule has 0 fully saturated rings. The summed E-state index contributed by atoms with van der Waals surface area (Å²) in [4.78, 5) is 14.5. The minimum Gasteiger partial charge on any atom is -0.322 e. The second-order valence-corrected chi connectivity index (χ2v) is 4.14. The van der Waals surface area contributed by atoms with Crippen LogP contribution >= 0.6 is 0 Å². The summed E-state index contributed by atoms with van der Waals surface area (Å²) in [5, 5.41) is 1.18. The van der Waals surface area contributed by atoms with Gasteiger partial charge in [0.25, 0.3) is 0 Å². The van der Waals surface area contributed by atoms with Crippen molar-refractivity contribution in [2.45, 2.75) is 47.5 Å². The fourth-order valence-corrected chi connectivity index (χ4v) is 2.25. The Balaban J connectivity index is 0.000000771. The van der Waals surface area contributed by atoms with Crippen LogP contribution in [-0.4, -0.2) is 4.98 Å². The molecule has 2 heteroatoms. The zero-order valence-electron chi connectivity index (χ0n) is 12.1. The van der Waals surface area contributed by atoms with Gasteiger partial charge >= 0.3 is 0 Å². The van der Waals surface area contributed by atoms with Gasteiger partial charge in [0.2, 0.25) is 5.56 Å². The lowest BCUT2D eigenvalue weighted by atomic mass is 9.99. The van der Waals surface area contributed by atoms with Crippen LogP contribution in [0.3, 0.4) is 0 Å². The van der Waals surface area contributed by atoms with Gasteiger partial charge < -0.3 is 4.98 Å². The zero-order chi connectivity index (χ0) is 13.7. The second-order valence-electron chi connectivity index (χ2n) is 4.14. The van der Waals surface area contributed by atoms with Gasteiger partial charge in [0, 0.05) is 11.5 Å². The van der Waals surface area contributed by atoms with E-state index in [0.717, 1.165) is 23.9 Å². The molecule has 18 heavy (non-hydrogen) atoms. The molecule has 1 aromatic heterocycles. The summed E-state index contributed by atoms with van der Waals surface area (Å²) in [5.74, 6) is 0. The average molecular weight is 245 g/mol. The Labute approximate surface area is 109 Å². The smallest absolute Gasteiger partial charge is 0.248 e. The molecule has 0 radical (unpaired) electrons. The second kappa shape index (κ2) is 6.39. The Kier molecular flexibility index (Phi) is 5.14. The highest BCUT2D eigenvalue weighted by molar-refractivity contribution is 5.85. The van der Waals surface area contributed by atoms with Gasteiger partial charge in [-0.15, -0.1) is 0 Å². The van der Waals surface area contributed by atoms with Crippen molar-refractivity contribution in [2.75, 3.05) is 0 Å². The average Bonchev–Trinajstić information content (AvgIpc) is 2.41. The van der Waals surface area contributed by atoms with Crippen LogP contribution in [0.2, 0.25) is 0 Å². The van der Waals surface area contributed by atoms with E-state index in [2.05, 4.69) is 37.9 Å². The first-order chi connectivity index (χ1) is 8.67. The number of hydrogen-bond donors (Lipinski definition) is 1. The number of fused-ring (bicyclic) bond motifs is 1. The highest BCUT2D eigenvalue weighted by Gasteiger charge is 2.06. The van der Waals surface area contributed by atoms with E-state index >= 15 is 0 Å². The van der Waals surface area contributed by atoms with Crippen molar-refractivity contribution in [3.63, 3.8) is 0 Å². The fourth-order valence-electron chi connectivity index (χ4n) is 2.25. The Hall–Kier alpha value is -1.57. The number of pyridine rings is 1. The van der Waals surface area contributed by atoms with Crippen LogP contribution in [0.1, 0.15) is 44.4 Å². The molecule has 2 aromatic rings. The maximum Gasteiger partial charge on any atom is 0.248 e. The van der Waals surface area contributed by atoms with Crippen LogP contribution in [-0.2, 0) is 12.8 Å². The molecule has 0 saturated heterocycles. The van der Waals surface area contributed by atoms with Gasteiger partial charge in [-0.1, -0.05) is 39.8 Å². The van der Waals surface area contributed by atoms with Gasteiger partial charge in [0.05, 0.1) is 5.52 Å². The third kappa shape index (κ3) is 2.63. The Morgan fingerprint density at radius 2 is 1.67 bits per heavy atom. The molecule has 2 rings (SSSR count). The maximum atomic E-state index is 11.6. The third-order valence-electron chi connectivity index (χ3n) is 3.24. The van der Waals surface area contributed by atoms with E-state index in [9.17, 15) is 4.79 Å². The fraction of sp³-hybridized carbons (Fsp3) is 0.438. The number of aromatic nitrogens is 1. The summed E-state index contributed by atoms with van der Waals surface area (Å²) < 4.78 is 0. The van der Waals surface area contributed by atoms with Crippen LogP contribution in [0.25, 0.3) is 10.9 Å². The molecular formula is C16H23NO. The maximum absolute atomic E-state index is 11.6. The molecule has 0 unspecified atom stereocenters. The molecule has 0 bridgehead atoms. The van der Waals surface area contributed by atoms with E-state index < -0.39 is 0 Å². The van der Waals surface area contributed by atoms with Crippen LogP contribution in [0.5, 0.6) is 0 Å². The van der Waals surface area contributed by atoms with Gasteiger partial charge in [-0.3, -0.25) is 4.79 Å². The topological polar surface area (TPSA) is 32.9 Å². The van der Waals surface area contributed by atoms with Crippen molar-refractivity contribution in [3.05, 3.63) is 45.2 Å². The Bertz CT molecular complexity index is 581. The highest BCUT2D eigenvalue weighted by Crippen LogP contribution is 2.22. The van der Waals surface area contributed by atoms with Crippen molar-refractivity contribution >= 4 is 10.9 Å². The van der Waals surface area contributed by atoms with E-state index in [4.69, 9.17) is 0 Å². The summed E-state index contributed by atoms with van der Waals surface area (Å²) >= 11 is 0. The van der Waals surface area contributed by atoms with Crippen molar-refractivity contribution < 1.29 is 0 Å². The third-order valence-corrected chi connectivity index (χ3v) is 3.24. The predicted molar refractivity (Wildman–Crippen MR) is 79.4 cm³/mol. The minimum absolute atomic E-state index is 0.000651. The van der Waals surface area contributed by atoms with E-state index in [-0.39, 0.29) is 5.56 Å². The van der Waals surface area contributed by atoms with Crippen molar-refractivity contribution in [3.8, 4) is 0 Å².